The van der Waals surface area contributed by atoms with Crippen LogP contribution in [0.4, 0.5) is 17.1 Å². The maximum atomic E-state index is 10.8. The lowest BCUT2D eigenvalue weighted by atomic mass is 10.2. The maximum Gasteiger partial charge on any atom is 0.284 e. The van der Waals surface area contributed by atoms with Crippen molar-refractivity contribution in [3.63, 3.8) is 0 Å². The van der Waals surface area contributed by atoms with Crippen LogP contribution in [0.2, 0.25) is 0 Å². The van der Waals surface area contributed by atoms with E-state index in [1.165, 1.54) is 36.5 Å². The molecule has 0 bridgehead atoms. The van der Waals surface area contributed by atoms with E-state index in [4.69, 9.17) is 0 Å². The van der Waals surface area contributed by atoms with Crippen molar-refractivity contribution in [2.45, 2.75) is 0 Å². The summed E-state index contributed by atoms with van der Waals surface area (Å²) < 4.78 is 0.334. The van der Waals surface area contributed by atoms with Gasteiger partial charge in [-0.3, -0.25) is 25.2 Å². The van der Waals surface area contributed by atoms with Crippen molar-refractivity contribution >= 4 is 39.2 Å². The van der Waals surface area contributed by atoms with E-state index in [9.17, 15) is 20.2 Å². The molecule has 0 radical (unpaired) electrons. The van der Waals surface area contributed by atoms with Gasteiger partial charge in [-0.15, -0.1) is 0 Å². The smallest absolute Gasteiger partial charge is 0.258 e. The quantitative estimate of drug-likeness (QED) is 0.472. The van der Waals surface area contributed by atoms with Crippen molar-refractivity contribution in [3.05, 3.63) is 72.7 Å². The maximum absolute atomic E-state index is 10.8. The van der Waals surface area contributed by atoms with Crippen molar-refractivity contribution in [2.75, 3.05) is 0 Å². The highest BCUT2D eigenvalue weighted by Gasteiger charge is 2.13. The van der Waals surface area contributed by atoms with Crippen LogP contribution in [-0.2, 0) is 0 Å². The zero-order valence-electron chi connectivity index (χ0n) is 10.5. The van der Waals surface area contributed by atoms with Gasteiger partial charge in [0.1, 0.15) is 4.47 Å². The van der Waals surface area contributed by atoms with Gasteiger partial charge >= 0.3 is 0 Å². The fourth-order valence-electron chi connectivity index (χ4n) is 1.58. The molecule has 0 spiro atoms. The molecule has 8 heteroatoms. The summed E-state index contributed by atoms with van der Waals surface area (Å²) in [5.74, 6) is 0. The molecular weight excluding hydrogens is 342 g/mol. The molecule has 0 aliphatic carbocycles. The van der Waals surface area contributed by atoms with E-state index in [0.717, 1.165) is 0 Å². The fraction of sp³-hybridized carbons (Fsp3) is 0. The highest BCUT2D eigenvalue weighted by Crippen LogP contribution is 2.27. The summed E-state index contributed by atoms with van der Waals surface area (Å²) in [5.41, 5.74) is 0.981. The van der Waals surface area contributed by atoms with E-state index < -0.39 is 9.85 Å². The normalized spacial score (nSPS) is 10.7. The third-order valence-corrected chi connectivity index (χ3v) is 3.48. The molecule has 0 unspecified atom stereocenters. The number of rotatable bonds is 4. The van der Waals surface area contributed by atoms with Gasteiger partial charge in [0.15, 0.2) is 0 Å². The molecule has 0 amide bonds. The van der Waals surface area contributed by atoms with E-state index >= 15 is 0 Å². The molecule has 106 valence electrons. The average molecular weight is 350 g/mol. The van der Waals surface area contributed by atoms with Gasteiger partial charge in [0.2, 0.25) is 0 Å². The van der Waals surface area contributed by atoms with Gasteiger partial charge in [0.25, 0.3) is 11.4 Å². The Kier molecular flexibility index (Phi) is 4.39. The molecule has 0 saturated heterocycles. The zero-order chi connectivity index (χ0) is 15.4. The Morgan fingerprint density at radius 3 is 2.24 bits per heavy atom. The number of nitrogens with zero attached hydrogens (tertiary/aromatic N) is 3. The number of halogens is 1. The molecule has 0 N–H and O–H groups in total. The van der Waals surface area contributed by atoms with Crippen molar-refractivity contribution in [1.29, 1.82) is 0 Å². The summed E-state index contributed by atoms with van der Waals surface area (Å²) in [6, 6.07) is 10.3. The first-order chi connectivity index (χ1) is 9.99. The molecular formula is C13H8BrN3O4. The Morgan fingerprint density at radius 2 is 1.67 bits per heavy atom. The third-order valence-electron chi connectivity index (χ3n) is 2.62. The minimum atomic E-state index is -0.495. The van der Waals surface area contributed by atoms with Gasteiger partial charge in [-0.05, 0) is 28.1 Å². The summed E-state index contributed by atoms with van der Waals surface area (Å²) in [6.45, 7) is 0. The molecule has 2 aromatic carbocycles. The monoisotopic (exact) mass is 349 g/mol. The summed E-state index contributed by atoms with van der Waals surface area (Å²) in [4.78, 5) is 24.5. The van der Waals surface area contributed by atoms with Crippen molar-refractivity contribution in [1.82, 2.24) is 0 Å². The van der Waals surface area contributed by atoms with E-state index in [1.807, 2.05) is 0 Å². The van der Waals surface area contributed by atoms with Crippen LogP contribution in [0.1, 0.15) is 5.56 Å². The second-order valence-corrected chi connectivity index (χ2v) is 4.76. The number of hydrogen-bond acceptors (Lipinski definition) is 5. The Labute approximate surface area is 127 Å². The minimum absolute atomic E-state index is 0.0227. The first-order valence-corrected chi connectivity index (χ1v) is 6.50. The fourth-order valence-corrected chi connectivity index (χ4v) is 2.09. The van der Waals surface area contributed by atoms with E-state index in [-0.39, 0.29) is 11.4 Å². The molecule has 0 aliphatic rings. The molecule has 7 nitrogen and oxygen atoms in total. The number of nitro benzene ring substituents is 2. The summed E-state index contributed by atoms with van der Waals surface area (Å²) in [7, 11) is 0. The Morgan fingerprint density at radius 1 is 1.00 bits per heavy atom. The molecule has 0 aromatic heterocycles. The summed E-state index contributed by atoms with van der Waals surface area (Å²) >= 11 is 3.16. The Balaban J connectivity index is 2.27. The second-order valence-electron chi connectivity index (χ2n) is 3.97. The van der Waals surface area contributed by atoms with Gasteiger partial charge in [0, 0.05) is 30.0 Å². The first-order valence-electron chi connectivity index (χ1n) is 5.70. The molecule has 2 aromatic rings. The van der Waals surface area contributed by atoms with Crippen LogP contribution in [0.5, 0.6) is 0 Å². The molecule has 0 aliphatic heterocycles. The SMILES string of the molecule is O=[N+]([O-])c1ccc(N=Cc2cccc([N+](=O)[O-])c2Br)cc1. The van der Waals surface area contributed by atoms with Gasteiger partial charge in [-0.2, -0.15) is 0 Å². The van der Waals surface area contributed by atoms with Crippen LogP contribution < -0.4 is 0 Å². The topological polar surface area (TPSA) is 98.6 Å². The zero-order valence-corrected chi connectivity index (χ0v) is 12.1. The lowest BCUT2D eigenvalue weighted by Gasteiger charge is -1.99. The van der Waals surface area contributed by atoms with Gasteiger partial charge < -0.3 is 0 Å². The molecule has 0 saturated carbocycles. The van der Waals surface area contributed by atoms with E-state index in [2.05, 4.69) is 20.9 Å². The molecule has 0 heterocycles. The minimum Gasteiger partial charge on any atom is -0.258 e. The third kappa shape index (κ3) is 3.48. The number of benzene rings is 2. The van der Waals surface area contributed by atoms with Crippen LogP contribution in [0.25, 0.3) is 0 Å². The van der Waals surface area contributed by atoms with Crippen LogP contribution in [0, 0.1) is 20.2 Å². The highest BCUT2D eigenvalue weighted by molar-refractivity contribution is 9.10. The second kappa shape index (κ2) is 6.23. The standard InChI is InChI=1S/C13H8BrN3O4/c14-13-9(2-1-3-12(13)17(20)21)8-15-10-4-6-11(7-5-10)16(18)19/h1-8H. The number of hydrogen-bond donors (Lipinski definition) is 0. The first kappa shape index (κ1) is 14.8. The van der Waals surface area contributed by atoms with Crippen LogP contribution >= 0.6 is 15.9 Å². The number of nitro groups is 2. The van der Waals surface area contributed by atoms with Crippen molar-refractivity contribution < 1.29 is 9.85 Å². The van der Waals surface area contributed by atoms with Crippen molar-refractivity contribution in [2.24, 2.45) is 4.99 Å². The van der Waals surface area contributed by atoms with Gasteiger partial charge in [0.05, 0.1) is 15.5 Å². The highest BCUT2D eigenvalue weighted by atomic mass is 79.9. The van der Waals surface area contributed by atoms with Crippen LogP contribution in [0.15, 0.2) is 51.9 Å². The molecule has 2 rings (SSSR count). The van der Waals surface area contributed by atoms with Gasteiger partial charge in [-0.1, -0.05) is 12.1 Å². The predicted molar refractivity (Wildman–Crippen MR) is 81.1 cm³/mol. The molecule has 0 atom stereocenters. The Hall–Kier alpha value is -2.61. The van der Waals surface area contributed by atoms with Crippen LogP contribution in [-0.4, -0.2) is 16.1 Å². The lowest BCUT2D eigenvalue weighted by Crippen LogP contribution is -1.92. The van der Waals surface area contributed by atoms with Crippen molar-refractivity contribution in [3.8, 4) is 0 Å². The lowest BCUT2D eigenvalue weighted by molar-refractivity contribution is -0.385. The summed E-state index contributed by atoms with van der Waals surface area (Å²) in [5, 5.41) is 21.4. The Bertz CT molecular complexity index is 729. The number of non-ortho nitro benzene ring substituents is 1. The van der Waals surface area contributed by atoms with E-state index in [0.29, 0.717) is 15.7 Å². The summed E-state index contributed by atoms with van der Waals surface area (Å²) in [6.07, 6.45) is 1.46. The van der Waals surface area contributed by atoms with Gasteiger partial charge in [-0.25, -0.2) is 0 Å². The average Bonchev–Trinajstić information content (AvgIpc) is 2.46. The van der Waals surface area contributed by atoms with E-state index in [1.54, 1.807) is 12.1 Å². The number of aliphatic imine (C=N–C) groups is 1. The molecule has 21 heavy (non-hydrogen) atoms. The van der Waals surface area contributed by atoms with Crippen LogP contribution in [0.3, 0.4) is 0 Å². The predicted octanol–water partition coefficient (Wildman–Crippen LogP) is 4.02. The largest absolute Gasteiger partial charge is 0.284 e. The molecule has 0 fully saturated rings.